The quantitative estimate of drug-likeness (QED) is 0.770. The second-order valence-corrected chi connectivity index (χ2v) is 3.06. The van der Waals surface area contributed by atoms with Crippen LogP contribution < -0.4 is 14.8 Å². The van der Waals surface area contributed by atoms with Crippen molar-refractivity contribution in [3.05, 3.63) is 17.7 Å². The van der Waals surface area contributed by atoms with Gasteiger partial charge in [0.1, 0.15) is 17.1 Å². The average molecular weight is 209 g/mol. The zero-order chi connectivity index (χ0) is 11.4. The Kier molecular flexibility index (Phi) is 3.55. The first-order valence-electron chi connectivity index (χ1n) is 4.58. The largest absolute Gasteiger partial charge is 0.496 e. The Labute approximate surface area is 89.2 Å². The number of methoxy groups -OCH3 is 2. The number of benzene rings is 1. The molecule has 15 heavy (non-hydrogen) atoms. The number of anilines is 1. The van der Waals surface area contributed by atoms with Gasteiger partial charge < -0.3 is 14.8 Å². The standard InChI is InChI=1S/C11H15NO3/c1-7(13)11-9(14-3)5-8(12-2)6-10(11)15-4/h5-6,12H,1-4H3. The van der Waals surface area contributed by atoms with E-state index in [0.717, 1.165) is 5.69 Å². The second kappa shape index (κ2) is 4.68. The zero-order valence-electron chi connectivity index (χ0n) is 9.38. The zero-order valence-corrected chi connectivity index (χ0v) is 9.38. The fraction of sp³-hybridized carbons (Fsp3) is 0.364. The summed E-state index contributed by atoms with van der Waals surface area (Å²) in [5.41, 5.74) is 1.31. The number of ketones is 1. The van der Waals surface area contributed by atoms with Crippen molar-refractivity contribution < 1.29 is 14.3 Å². The predicted molar refractivity (Wildman–Crippen MR) is 59.1 cm³/mol. The molecule has 0 atom stereocenters. The molecule has 0 heterocycles. The number of rotatable bonds is 4. The molecule has 1 aromatic carbocycles. The van der Waals surface area contributed by atoms with Crippen LogP contribution in [0.15, 0.2) is 12.1 Å². The summed E-state index contributed by atoms with van der Waals surface area (Å²) in [4.78, 5) is 11.4. The van der Waals surface area contributed by atoms with Gasteiger partial charge in [0.05, 0.1) is 14.2 Å². The molecular formula is C11H15NO3. The molecule has 0 aliphatic heterocycles. The van der Waals surface area contributed by atoms with Crippen molar-refractivity contribution in [1.29, 1.82) is 0 Å². The third kappa shape index (κ3) is 2.21. The van der Waals surface area contributed by atoms with Crippen LogP contribution >= 0.6 is 0 Å². The van der Waals surface area contributed by atoms with Gasteiger partial charge in [-0.15, -0.1) is 0 Å². The van der Waals surface area contributed by atoms with Crippen molar-refractivity contribution in [2.24, 2.45) is 0 Å². The van der Waals surface area contributed by atoms with Gasteiger partial charge in [-0.05, 0) is 6.92 Å². The van der Waals surface area contributed by atoms with Gasteiger partial charge in [0, 0.05) is 24.9 Å². The Hall–Kier alpha value is -1.71. The molecule has 0 bridgehead atoms. The highest BCUT2D eigenvalue weighted by Crippen LogP contribution is 2.32. The normalized spacial score (nSPS) is 9.60. The lowest BCUT2D eigenvalue weighted by molar-refractivity contribution is 0.101. The van der Waals surface area contributed by atoms with E-state index in [-0.39, 0.29) is 5.78 Å². The molecule has 1 N–H and O–H groups in total. The molecule has 1 rings (SSSR count). The lowest BCUT2D eigenvalue weighted by Gasteiger charge is -2.13. The number of carbonyl (C=O) groups is 1. The van der Waals surface area contributed by atoms with E-state index < -0.39 is 0 Å². The Morgan fingerprint density at radius 2 is 1.67 bits per heavy atom. The van der Waals surface area contributed by atoms with Gasteiger partial charge >= 0.3 is 0 Å². The fourth-order valence-electron chi connectivity index (χ4n) is 1.40. The summed E-state index contributed by atoms with van der Waals surface area (Å²) in [5, 5.41) is 2.97. The summed E-state index contributed by atoms with van der Waals surface area (Å²) >= 11 is 0. The highest BCUT2D eigenvalue weighted by atomic mass is 16.5. The van der Waals surface area contributed by atoms with Crippen molar-refractivity contribution in [2.75, 3.05) is 26.6 Å². The van der Waals surface area contributed by atoms with Crippen LogP contribution in [-0.4, -0.2) is 27.1 Å². The van der Waals surface area contributed by atoms with E-state index in [0.29, 0.717) is 17.1 Å². The smallest absolute Gasteiger partial charge is 0.167 e. The molecular weight excluding hydrogens is 194 g/mol. The highest BCUT2D eigenvalue weighted by molar-refractivity contribution is 6.00. The molecule has 0 radical (unpaired) electrons. The number of hydrogen-bond acceptors (Lipinski definition) is 4. The second-order valence-electron chi connectivity index (χ2n) is 3.06. The summed E-state index contributed by atoms with van der Waals surface area (Å²) in [5.74, 6) is 0.962. The van der Waals surface area contributed by atoms with Gasteiger partial charge in [-0.2, -0.15) is 0 Å². The van der Waals surface area contributed by atoms with Crippen molar-refractivity contribution >= 4 is 11.5 Å². The number of Topliss-reactive ketones (excluding diaryl/α,β-unsaturated/α-hetero) is 1. The van der Waals surface area contributed by atoms with Crippen LogP contribution in [0.5, 0.6) is 11.5 Å². The minimum Gasteiger partial charge on any atom is -0.496 e. The van der Waals surface area contributed by atoms with Crippen LogP contribution in [0.3, 0.4) is 0 Å². The van der Waals surface area contributed by atoms with Crippen molar-refractivity contribution in [2.45, 2.75) is 6.92 Å². The molecule has 0 unspecified atom stereocenters. The van der Waals surface area contributed by atoms with Crippen LogP contribution in [0, 0.1) is 0 Å². The van der Waals surface area contributed by atoms with E-state index in [4.69, 9.17) is 9.47 Å². The van der Waals surface area contributed by atoms with Gasteiger partial charge in [-0.3, -0.25) is 4.79 Å². The van der Waals surface area contributed by atoms with Gasteiger partial charge in [0.15, 0.2) is 5.78 Å². The van der Waals surface area contributed by atoms with Crippen molar-refractivity contribution in [1.82, 2.24) is 0 Å². The third-order valence-corrected chi connectivity index (χ3v) is 2.15. The summed E-state index contributed by atoms with van der Waals surface area (Å²) in [7, 11) is 4.85. The van der Waals surface area contributed by atoms with Gasteiger partial charge in [0.25, 0.3) is 0 Å². The Bertz CT molecular complexity index is 349. The molecule has 4 heteroatoms. The minimum absolute atomic E-state index is 0.0775. The molecule has 4 nitrogen and oxygen atoms in total. The summed E-state index contributed by atoms with van der Waals surface area (Å²) in [6.07, 6.45) is 0. The van der Waals surface area contributed by atoms with Gasteiger partial charge in [-0.1, -0.05) is 0 Å². The van der Waals surface area contributed by atoms with E-state index in [1.165, 1.54) is 21.1 Å². The first-order valence-corrected chi connectivity index (χ1v) is 4.58. The van der Waals surface area contributed by atoms with Gasteiger partial charge in [0.2, 0.25) is 0 Å². The number of carbonyl (C=O) groups excluding carboxylic acids is 1. The topological polar surface area (TPSA) is 47.6 Å². The van der Waals surface area contributed by atoms with Crippen molar-refractivity contribution in [3.63, 3.8) is 0 Å². The summed E-state index contributed by atoms with van der Waals surface area (Å²) < 4.78 is 10.3. The first kappa shape index (κ1) is 11.4. The van der Waals surface area contributed by atoms with E-state index in [2.05, 4.69) is 5.32 Å². The highest BCUT2D eigenvalue weighted by Gasteiger charge is 2.15. The molecule has 0 aromatic heterocycles. The van der Waals surface area contributed by atoms with Crippen molar-refractivity contribution in [3.8, 4) is 11.5 Å². The number of nitrogens with one attached hydrogen (secondary N) is 1. The maximum Gasteiger partial charge on any atom is 0.167 e. The van der Waals surface area contributed by atoms with Crippen LogP contribution in [-0.2, 0) is 0 Å². The Balaban J connectivity index is 3.39. The van der Waals surface area contributed by atoms with E-state index >= 15 is 0 Å². The molecule has 1 aromatic rings. The van der Waals surface area contributed by atoms with Crippen LogP contribution in [0.1, 0.15) is 17.3 Å². The monoisotopic (exact) mass is 209 g/mol. The predicted octanol–water partition coefficient (Wildman–Crippen LogP) is 1.95. The molecule has 0 aliphatic carbocycles. The number of hydrogen-bond donors (Lipinski definition) is 1. The van der Waals surface area contributed by atoms with Crippen LogP contribution in [0.2, 0.25) is 0 Å². The molecule has 0 aliphatic rings. The fourth-order valence-corrected chi connectivity index (χ4v) is 1.40. The van der Waals surface area contributed by atoms with E-state index in [9.17, 15) is 4.79 Å². The minimum atomic E-state index is -0.0775. The molecule has 0 saturated heterocycles. The molecule has 82 valence electrons. The Morgan fingerprint density at radius 1 is 1.20 bits per heavy atom. The van der Waals surface area contributed by atoms with E-state index in [1.807, 2.05) is 0 Å². The van der Waals surface area contributed by atoms with E-state index in [1.54, 1.807) is 19.2 Å². The first-order chi connectivity index (χ1) is 7.13. The van der Waals surface area contributed by atoms with Crippen LogP contribution in [0.25, 0.3) is 0 Å². The summed E-state index contributed by atoms with van der Waals surface area (Å²) in [6.45, 7) is 1.49. The maximum atomic E-state index is 11.4. The Morgan fingerprint density at radius 3 is 1.93 bits per heavy atom. The van der Waals surface area contributed by atoms with Gasteiger partial charge in [-0.25, -0.2) is 0 Å². The molecule has 0 saturated carbocycles. The SMILES string of the molecule is CNc1cc(OC)c(C(C)=O)c(OC)c1. The lowest BCUT2D eigenvalue weighted by atomic mass is 10.1. The van der Waals surface area contributed by atoms with Crippen LogP contribution in [0.4, 0.5) is 5.69 Å². The molecule has 0 amide bonds. The lowest BCUT2D eigenvalue weighted by Crippen LogP contribution is -2.03. The maximum absolute atomic E-state index is 11.4. The average Bonchev–Trinajstić information content (AvgIpc) is 2.26. The number of ether oxygens (including phenoxy) is 2. The molecule has 0 fully saturated rings. The molecule has 0 spiro atoms. The summed E-state index contributed by atoms with van der Waals surface area (Å²) in [6, 6.07) is 3.53. The third-order valence-electron chi connectivity index (χ3n) is 2.15.